The number of halogens is 1. The molecule has 0 unspecified atom stereocenters. The van der Waals surface area contributed by atoms with Crippen molar-refractivity contribution >= 4 is 40.4 Å². The van der Waals surface area contributed by atoms with E-state index in [1.165, 1.54) is 0 Å². The van der Waals surface area contributed by atoms with Crippen molar-refractivity contribution in [2.75, 3.05) is 24.4 Å². The Kier molecular flexibility index (Phi) is 6.11. The van der Waals surface area contributed by atoms with Crippen molar-refractivity contribution in [2.24, 2.45) is 0 Å². The maximum absolute atomic E-state index is 13.7. The molecule has 0 radical (unpaired) electrons. The molecule has 0 aliphatic carbocycles. The second kappa shape index (κ2) is 9.00. The summed E-state index contributed by atoms with van der Waals surface area (Å²) in [7, 11) is 3.12. The van der Waals surface area contributed by atoms with E-state index in [0.717, 1.165) is 16.0 Å². The lowest BCUT2D eigenvalue weighted by Gasteiger charge is -2.18. The first-order valence-corrected chi connectivity index (χ1v) is 10.7. The second-order valence-electron chi connectivity index (χ2n) is 7.68. The fourth-order valence-corrected chi connectivity index (χ4v) is 3.93. The van der Waals surface area contributed by atoms with Crippen LogP contribution in [0.5, 0.6) is 11.5 Å². The normalized spacial score (nSPS) is 13.5. The third kappa shape index (κ3) is 4.17. The van der Waals surface area contributed by atoms with Crippen LogP contribution < -0.4 is 19.7 Å². The number of carbonyl (C=O) groups is 2. The van der Waals surface area contributed by atoms with Gasteiger partial charge in [-0.1, -0.05) is 35.9 Å². The number of amides is 2. The number of ether oxygens (including phenoxy) is 2. The van der Waals surface area contributed by atoms with E-state index in [9.17, 15) is 9.59 Å². The lowest BCUT2D eigenvalue weighted by atomic mass is 10.0. The zero-order chi connectivity index (χ0) is 23.7. The van der Waals surface area contributed by atoms with Gasteiger partial charge in [0.2, 0.25) is 0 Å². The van der Waals surface area contributed by atoms with Crippen molar-refractivity contribution in [1.82, 2.24) is 0 Å². The average molecular weight is 463 g/mol. The van der Waals surface area contributed by atoms with E-state index in [-0.39, 0.29) is 11.3 Å². The first kappa shape index (κ1) is 22.4. The van der Waals surface area contributed by atoms with Crippen LogP contribution in [0.2, 0.25) is 5.02 Å². The number of rotatable bonds is 6. The number of benzene rings is 3. The largest absolute Gasteiger partial charge is 0.497 e. The smallest absolute Gasteiger partial charge is 0.282 e. The van der Waals surface area contributed by atoms with E-state index in [4.69, 9.17) is 21.1 Å². The third-order valence-electron chi connectivity index (χ3n) is 5.49. The number of imide groups is 1. The van der Waals surface area contributed by atoms with Crippen LogP contribution in [0, 0.1) is 13.8 Å². The number of nitrogens with one attached hydrogen (secondary N) is 1. The summed E-state index contributed by atoms with van der Waals surface area (Å²) in [5, 5.41) is 3.60. The minimum absolute atomic E-state index is 0.161. The molecule has 0 spiro atoms. The average Bonchev–Trinajstić information content (AvgIpc) is 3.05. The number of hydrogen-bond donors (Lipinski definition) is 1. The standard InChI is InChI=1S/C26H23ClN2O4/c1-15-5-12-22(33-4)20(13-15)28-24-23(17-7-10-19(32-3)11-8-17)25(30)29(26(24)31)21-14-18(27)9-6-16(21)2/h5-14,28H,1-4H3. The minimum Gasteiger partial charge on any atom is -0.497 e. The Balaban J connectivity index is 1.87. The first-order valence-electron chi connectivity index (χ1n) is 10.3. The monoisotopic (exact) mass is 462 g/mol. The Morgan fingerprint density at radius 2 is 1.58 bits per heavy atom. The van der Waals surface area contributed by atoms with Gasteiger partial charge in [-0.15, -0.1) is 0 Å². The zero-order valence-corrected chi connectivity index (χ0v) is 19.5. The molecule has 0 saturated carbocycles. The number of carbonyl (C=O) groups excluding carboxylic acids is 2. The number of anilines is 2. The molecule has 1 N–H and O–H groups in total. The van der Waals surface area contributed by atoms with Crippen LogP contribution in [0.25, 0.3) is 5.57 Å². The van der Waals surface area contributed by atoms with Gasteiger partial charge in [0, 0.05) is 5.02 Å². The fourth-order valence-electron chi connectivity index (χ4n) is 3.77. The number of aryl methyl sites for hydroxylation is 2. The molecule has 4 rings (SSSR count). The predicted octanol–water partition coefficient (Wildman–Crippen LogP) is 5.37. The van der Waals surface area contributed by atoms with Crippen LogP contribution >= 0.6 is 11.6 Å². The summed E-state index contributed by atoms with van der Waals surface area (Å²) in [5.41, 5.74) is 3.76. The van der Waals surface area contributed by atoms with Crippen LogP contribution in [0.15, 0.2) is 66.4 Å². The minimum atomic E-state index is -0.472. The molecular weight excluding hydrogens is 440 g/mol. The van der Waals surface area contributed by atoms with Gasteiger partial charge >= 0.3 is 0 Å². The summed E-state index contributed by atoms with van der Waals surface area (Å²) in [6, 6.07) is 17.7. The van der Waals surface area contributed by atoms with Crippen molar-refractivity contribution in [3.05, 3.63) is 88.1 Å². The third-order valence-corrected chi connectivity index (χ3v) is 5.72. The Bertz CT molecular complexity index is 1280. The summed E-state index contributed by atoms with van der Waals surface area (Å²) >= 11 is 6.19. The fraction of sp³-hybridized carbons (Fsp3) is 0.154. The molecule has 168 valence electrons. The van der Waals surface area contributed by atoms with E-state index in [1.807, 2.05) is 32.0 Å². The van der Waals surface area contributed by atoms with Crippen LogP contribution in [0.3, 0.4) is 0 Å². The van der Waals surface area contributed by atoms with Gasteiger partial charge < -0.3 is 14.8 Å². The summed E-state index contributed by atoms with van der Waals surface area (Å²) in [4.78, 5) is 28.5. The summed E-state index contributed by atoms with van der Waals surface area (Å²) in [6.07, 6.45) is 0. The summed E-state index contributed by atoms with van der Waals surface area (Å²) in [6.45, 7) is 3.76. The molecule has 1 aliphatic heterocycles. The van der Waals surface area contributed by atoms with Gasteiger partial charge in [-0.05, 0) is 66.9 Å². The molecule has 3 aromatic rings. The number of nitrogens with zero attached hydrogens (tertiary/aromatic N) is 1. The van der Waals surface area contributed by atoms with E-state index >= 15 is 0 Å². The lowest BCUT2D eigenvalue weighted by molar-refractivity contribution is -0.120. The Labute approximate surface area is 197 Å². The highest BCUT2D eigenvalue weighted by atomic mass is 35.5. The molecule has 3 aromatic carbocycles. The van der Waals surface area contributed by atoms with E-state index in [0.29, 0.717) is 33.5 Å². The first-order chi connectivity index (χ1) is 15.8. The van der Waals surface area contributed by atoms with Crippen LogP contribution in [0.4, 0.5) is 11.4 Å². The van der Waals surface area contributed by atoms with Crippen molar-refractivity contribution in [2.45, 2.75) is 13.8 Å². The van der Waals surface area contributed by atoms with Gasteiger partial charge in [0.15, 0.2) is 0 Å². The van der Waals surface area contributed by atoms with Crippen molar-refractivity contribution in [1.29, 1.82) is 0 Å². The molecule has 0 bridgehead atoms. The van der Waals surface area contributed by atoms with Crippen molar-refractivity contribution in [3.63, 3.8) is 0 Å². The van der Waals surface area contributed by atoms with Gasteiger partial charge in [-0.3, -0.25) is 9.59 Å². The Morgan fingerprint density at radius 1 is 0.848 bits per heavy atom. The molecular formula is C26H23ClN2O4. The van der Waals surface area contributed by atoms with E-state index in [1.54, 1.807) is 56.7 Å². The SMILES string of the molecule is COc1ccc(C2=C(Nc3cc(C)ccc3OC)C(=O)N(c3cc(Cl)ccc3C)C2=O)cc1. The van der Waals surface area contributed by atoms with Gasteiger partial charge in [0.1, 0.15) is 17.2 Å². The molecule has 0 aromatic heterocycles. The van der Waals surface area contributed by atoms with Crippen molar-refractivity contribution < 1.29 is 19.1 Å². The van der Waals surface area contributed by atoms with Crippen molar-refractivity contribution in [3.8, 4) is 11.5 Å². The molecule has 0 atom stereocenters. The van der Waals surface area contributed by atoms with Gasteiger partial charge in [0.05, 0.1) is 31.2 Å². The Morgan fingerprint density at radius 3 is 2.24 bits per heavy atom. The molecule has 1 heterocycles. The number of methoxy groups -OCH3 is 2. The summed E-state index contributed by atoms with van der Waals surface area (Å²) in [5.74, 6) is 0.290. The van der Waals surface area contributed by atoms with Crippen LogP contribution in [-0.2, 0) is 9.59 Å². The lowest BCUT2D eigenvalue weighted by Crippen LogP contribution is -2.33. The maximum atomic E-state index is 13.7. The number of hydrogen-bond acceptors (Lipinski definition) is 5. The highest BCUT2D eigenvalue weighted by molar-refractivity contribution is 6.46. The Hall–Kier alpha value is -3.77. The molecule has 0 saturated heterocycles. The van der Waals surface area contributed by atoms with E-state index in [2.05, 4.69) is 5.32 Å². The van der Waals surface area contributed by atoms with E-state index < -0.39 is 11.8 Å². The molecule has 2 amide bonds. The topological polar surface area (TPSA) is 67.9 Å². The van der Waals surface area contributed by atoms with Gasteiger partial charge in [-0.25, -0.2) is 4.90 Å². The summed E-state index contributed by atoms with van der Waals surface area (Å²) < 4.78 is 10.7. The van der Waals surface area contributed by atoms with Gasteiger partial charge in [0.25, 0.3) is 11.8 Å². The highest BCUT2D eigenvalue weighted by Gasteiger charge is 2.41. The second-order valence-corrected chi connectivity index (χ2v) is 8.12. The van der Waals surface area contributed by atoms with Crippen LogP contribution in [-0.4, -0.2) is 26.0 Å². The molecule has 33 heavy (non-hydrogen) atoms. The predicted molar refractivity (Wildman–Crippen MR) is 130 cm³/mol. The molecule has 1 aliphatic rings. The zero-order valence-electron chi connectivity index (χ0n) is 18.7. The maximum Gasteiger partial charge on any atom is 0.282 e. The molecule has 7 heteroatoms. The molecule has 6 nitrogen and oxygen atoms in total. The molecule has 0 fully saturated rings. The van der Waals surface area contributed by atoms with Gasteiger partial charge in [-0.2, -0.15) is 0 Å². The highest BCUT2D eigenvalue weighted by Crippen LogP contribution is 2.38. The quantitative estimate of drug-likeness (QED) is 0.499. The van der Waals surface area contributed by atoms with Crippen LogP contribution in [0.1, 0.15) is 16.7 Å².